The van der Waals surface area contributed by atoms with Gasteiger partial charge in [-0.15, -0.1) is 0 Å². The van der Waals surface area contributed by atoms with Crippen molar-refractivity contribution in [3.05, 3.63) is 24.3 Å². The number of amides is 1. The van der Waals surface area contributed by atoms with Crippen molar-refractivity contribution >= 4 is 17.3 Å². The Morgan fingerprint density at radius 1 is 1.27 bits per heavy atom. The van der Waals surface area contributed by atoms with Gasteiger partial charge in [-0.3, -0.25) is 4.79 Å². The second kappa shape index (κ2) is 3.26. The molecule has 2 aliphatic rings. The van der Waals surface area contributed by atoms with Gasteiger partial charge in [0.1, 0.15) is 0 Å². The molecule has 1 aliphatic heterocycles. The van der Waals surface area contributed by atoms with Crippen LogP contribution in [0.2, 0.25) is 0 Å². The van der Waals surface area contributed by atoms with Crippen molar-refractivity contribution in [2.75, 3.05) is 16.8 Å². The molecule has 0 aromatic heterocycles. The molecule has 0 unspecified atom stereocenters. The molecule has 1 aromatic rings. The van der Waals surface area contributed by atoms with Crippen molar-refractivity contribution in [2.45, 2.75) is 25.3 Å². The first-order chi connectivity index (χ1) is 7.36. The number of carbonyl (C=O) groups excluding carboxylic acids is 1. The van der Waals surface area contributed by atoms with Crippen LogP contribution in [-0.2, 0) is 4.79 Å². The molecule has 3 nitrogen and oxygen atoms in total. The summed E-state index contributed by atoms with van der Waals surface area (Å²) in [6, 6.07) is 8.53. The molecule has 0 atom stereocenters. The zero-order chi connectivity index (χ0) is 10.3. The third kappa shape index (κ3) is 1.48. The Kier molecular flexibility index (Phi) is 1.91. The molecule has 15 heavy (non-hydrogen) atoms. The van der Waals surface area contributed by atoms with E-state index in [4.69, 9.17) is 0 Å². The van der Waals surface area contributed by atoms with E-state index < -0.39 is 0 Å². The Morgan fingerprint density at radius 2 is 2.07 bits per heavy atom. The van der Waals surface area contributed by atoms with Crippen molar-refractivity contribution in [1.82, 2.24) is 0 Å². The highest BCUT2D eigenvalue weighted by molar-refractivity contribution is 5.99. The van der Waals surface area contributed by atoms with Crippen LogP contribution in [0.4, 0.5) is 11.4 Å². The Labute approximate surface area is 89.1 Å². The fourth-order valence-electron chi connectivity index (χ4n) is 2.13. The summed E-state index contributed by atoms with van der Waals surface area (Å²) in [5.74, 6) is 0.259. The van der Waals surface area contributed by atoms with Crippen LogP contribution in [0.5, 0.6) is 0 Å². The first-order valence-corrected chi connectivity index (χ1v) is 5.51. The zero-order valence-corrected chi connectivity index (χ0v) is 8.57. The van der Waals surface area contributed by atoms with E-state index in [9.17, 15) is 4.79 Å². The smallest absolute Gasteiger partial charge is 0.229 e. The lowest BCUT2D eigenvalue weighted by Gasteiger charge is -2.21. The third-order valence-electron chi connectivity index (χ3n) is 3.00. The van der Waals surface area contributed by atoms with Crippen LogP contribution >= 0.6 is 0 Å². The number of hydrogen-bond donors (Lipinski definition) is 1. The highest BCUT2D eigenvalue weighted by Gasteiger charge is 2.35. The monoisotopic (exact) mass is 202 g/mol. The molecule has 1 aliphatic carbocycles. The Hall–Kier alpha value is -1.51. The van der Waals surface area contributed by atoms with Gasteiger partial charge >= 0.3 is 0 Å². The maximum absolute atomic E-state index is 11.9. The predicted molar refractivity (Wildman–Crippen MR) is 60.1 cm³/mol. The van der Waals surface area contributed by atoms with Gasteiger partial charge in [0.25, 0.3) is 0 Å². The van der Waals surface area contributed by atoms with Crippen LogP contribution in [-0.4, -0.2) is 18.5 Å². The summed E-state index contributed by atoms with van der Waals surface area (Å²) in [7, 11) is 0. The Morgan fingerprint density at radius 3 is 2.87 bits per heavy atom. The van der Waals surface area contributed by atoms with E-state index in [1.54, 1.807) is 0 Å². The minimum atomic E-state index is 0.259. The van der Waals surface area contributed by atoms with E-state index in [-0.39, 0.29) is 5.91 Å². The average Bonchev–Trinajstić information content (AvgIpc) is 3.03. The number of carbonyl (C=O) groups is 1. The Balaban J connectivity index is 2.06. The molecule has 1 amide bonds. The van der Waals surface area contributed by atoms with Crippen molar-refractivity contribution in [1.29, 1.82) is 0 Å². The molecule has 1 aromatic carbocycles. The quantitative estimate of drug-likeness (QED) is 0.755. The van der Waals surface area contributed by atoms with E-state index in [2.05, 4.69) is 5.32 Å². The zero-order valence-electron chi connectivity index (χ0n) is 8.57. The summed E-state index contributed by atoms with van der Waals surface area (Å²) in [5.41, 5.74) is 2.15. The van der Waals surface area contributed by atoms with Crippen LogP contribution in [0.3, 0.4) is 0 Å². The maximum atomic E-state index is 11.9. The molecule has 0 radical (unpaired) electrons. The van der Waals surface area contributed by atoms with Gasteiger partial charge in [-0.1, -0.05) is 12.1 Å². The summed E-state index contributed by atoms with van der Waals surface area (Å²) >= 11 is 0. The predicted octanol–water partition coefficient (Wildman–Crippen LogP) is 2.00. The van der Waals surface area contributed by atoms with Gasteiger partial charge in [0.05, 0.1) is 11.4 Å². The fraction of sp³-hybridized carbons (Fsp3) is 0.417. The van der Waals surface area contributed by atoms with E-state index in [0.717, 1.165) is 30.8 Å². The first kappa shape index (κ1) is 8.77. The maximum Gasteiger partial charge on any atom is 0.229 e. The Bertz CT molecular complexity index is 398. The molecule has 3 rings (SSSR count). The molecule has 1 heterocycles. The SMILES string of the molecule is O=C1CCNc2ccccc2N1C1CC1. The number of fused-ring (bicyclic) bond motifs is 1. The minimum Gasteiger partial charge on any atom is -0.383 e. The second-order valence-corrected chi connectivity index (χ2v) is 4.19. The lowest BCUT2D eigenvalue weighted by atomic mass is 10.2. The summed E-state index contributed by atoms with van der Waals surface area (Å²) in [4.78, 5) is 13.9. The molecule has 1 N–H and O–H groups in total. The van der Waals surface area contributed by atoms with Crippen LogP contribution in [0, 0.1) is 0 Å². The molecule has 0 spiro atoms. The number of nitrogens with zero attached hydrogens (tertiary/aromatic N) is 1. The lowest BCUT2D eigenvalue weighted by Crippen LogP contribution is -2.32. The molecular weight excluding hydrogens is 188 g/mol. The minimum absolute atomic E-state index is 0.259. The summed E-state index contributed by atoms with van der Waals surface area (Å²) in [6.07, 6.45) is 2.91. The number of hydrogen-bond acceptors (Lipinski definition) is 2. The van der Waals surface area contributed by atoms with Crippen LogP contribution in [0.15, 0.2) is 24.3 Å². The van der Waals surface area contributed by atoms with Crippen molar-refractivity contribution < 1.29 is 4.79 Å². The molecule has 3 heteroatoms. The van der Waals surface area contributed by atoms with Crippen LogP contribution < -0.4 is 10.2 Å². The first-order valence-electron chi connectivity index (χ1n) is 5.51. The summed E-state index contributed by atoms with van der Waals surface area (Å²) < 4.78 is 0. The van der Waals surface area contributed by atoms with Gasteiger partial charge in [-0.25, -0.2) is 0 Å². The van der Waals surface area contributed by atoms with E-state index in [0.29, 0.717) is 12.5 Å². The number of nitrogens with one attached hydrogen (secondary N) is 1. The van der Waals surface area contributed by atoms with Gasteiger partial charge in [-0.05, 0) is 25.0 Å². The number of anilines is 2. The molecule has 1 saturated carbocycles. The highest BCUT2D eigenvalue weighted by Crippen LogP contribution is 2.37. The molecule has 78 valence electrons. The van der Waals surface area contributed by atoms with Crippen LogP contribution in [0.1, 0.15) is 19.3 Å². The highest BCUT2D eigenvalue weighted by atomic mass is 16.2. The largest absolute Gasteiger partial charge is 0.383 e. The second-order valence-electron chi connectivity index (χ2n) is 4.19. The number of benzene rings is 1. The van der Waals surface area contributed by atoms with Crippen molar-refractivity contribution in [2.24, 2.45) is 0 Å². The van der Waals surface area contributed by atoms with E-state index in [1.807, 2.05) is 29.2 Å². The standard InChI is InChI=1S/C12H14N2O/c15-12-7-8-13-10-3-1-2-4-11(10)14(12)9-5-6-9/h1-4,9,13H,5-8H2. The van der Waals surface area contributed by atoms with Gasteiger partial charge in [0.2, 0.25) is 5.91 Å². The van der Waals surface area contributed by atoms with Gasteiger partial charge < -0.3 is 10.2 Å². The molecular formula is C12H14N2O. The van der Waals surface area contributed by atoms with Crippen molar-refractivity contribution in [3.63, 3.8) is 0 Å². The number of para-hydroxylation sites is 2. The van der Waals surface area contributed by atoms with Crippen molar-refractivity contribution in [3.8, 4) is 0 Å². The fourth-order valence-corrected chi connectivity index (χ4v) is 2.13. The average molecular weight is 202 g/mol. The molecule has 0 saturated heterocycles. The van der Waals surface area contributed by atoms with Gasteiger partial charge in [-0.2, -0.15) is 0 Å². The summed E-state index contributed by atoms with van der Waals surface area (Å²) in [5, 5.41) is 3.31. The van der Waals surface area contributed by atoms with E-state index >= 15 is 0 Å². The number of rotatable bonds is 1. The van der Waals surface area contributed by atoms with E-state index in [1.165, 1.54) is 0 Å². The summed E-state index contributed by atoms with van der Waals surface area (Å²) in [6.45, 7) is 0.749. The van der Waals surface area contributed by atoms with Gasteiger partial charge in [0.15, 0.2) is 0 Å². The molecule has 0 bridgehead atoms. The topological polar surface area (TPSA) is 32.3 Å². The van der Waals surface area contributed by atoms with Crippen LogP contribution in [0.25, 0.3) is 0 Å². The lowest BCUT2D eigenvalue weighted by molar-refractivity contribution is -0.118. The normalized spacial score (nSPS) is 20.5. The third-order valence-corrected chi connectivity index (χ3v) is 3.00. The van der Waals surface area contributed by atoms with Gasteiger partial charge in [0, 0.05) is 19.0 Å². The molecule has 1 fully saturated rings.